The molecule has 3 atom stereocenters. The number of rotatable bonds is 4. The number of aromatic nitrogens is 4. The average molecular weight is 392 g/mol. The summed E-state index contributed by atoms with van der Waals surface area (Å²) in [6.07, 6.45) is 6.40. The van der Waals surface area contributed by atoms with Gasteiger partial charge in [0, 0.05) is 29.8 Å². The van der Waals surface area contributed by atoms with Crippen LogP contribution >= 0.6 is 0 Å². The van der Waals surface area contributed by atoms with E-state index in [2.05, 4.69) is 20.6 Å². The normalized spacial score (nSPS) is 23.3. The van der Waals surface area contributed by atoms with Crippen molar-refractivity contribution in [3.05, 3.63) is 42.2 Å². The Morgan fingerprint density at radius 3 is 2.55 bits per heavy atom. The number of aryl methyl sites for hydroxylation is 1. The van der Waals surface area contributed by atoms with E-state index >= 15 is 0 Å². The quantitative estimate of drug-likeness (QED) is 0.626. The Morgan fingerprint density at radius 1 is 1.14 bits per heavy atom. The number of anilines is 1. The maximum Gasteiger partial charge on any atom is 0.233 e. The summed E-state index contributed by atoms with van der Waals surface area (Å²) in [5, 5.41) is 26.9. The first-order chi connectivity index (χ1) is 14.0. The van der Waals surface area contributed by atoms with E-state index in [1.54, 1.807) is 23.0 Å². The molecule has 0 spiro atoms. The van der Waals surface area contributed by atoms with Gasteiger partial charge in [0.05, 0.1) is 29.0 Å². The molecule has 2 aromatic heterocycles. The molecule has 150 valence electrons. The molecule has 8 heteroatoms. The zero-order valence-corrected chi connectivity index (χ0v) is 16.2. The van der Waals surface area contributed by atoms with E-state index in [1.165, 1.54) is 12.8 Å². The maximum atomic E-state index is 10.5. The summed E-state index contributed by atoms with van der Waals surface area (Å²) >= 11 is 0. The second-order valence-electron chi connectivity index (χ2n) is 7.92. The zero-order chi connectivity index (χ0) is 20.0. The lowest BCUT2D eigenvalue weighted by atomic mass is 10.0. The molecule has 4 heterocycles. The van der Waals surface area contributed by atoms with Gasteiger partial charge in [-0.15, -0.1) is 10.2 Å². The van der Waals surface area contributed by atoms with Crippen molar-refractivity contribution >= 4 is 5.69 Å². The third-order valence-corrected chi connectivity index (χ3v) is 5.82. The SMILES string of the molecule is Cc1nn(-c2ccc(-c3ccc(O[C@H]4C[C@H]5CC[C@@H](C4)N5)nn3)c(O)c2)cc1N. The van der Waals surface area contributed by atoms with Gasteiger partial charge in [0.15, 0.2) is 0 Å². The van der Waals surface area contributed by atoms with Gasteiger partial charge in [-0.25, -0.2) is 4.68 Å². The average Bonchev–Trinajstić information content (AvgIpc) is 3.23. The van der Waals surface area contributed by atoms with Gasteiger partial charge < -0.3 is 20.9 Å². The summed E-state index contributed by atoms with van der Waals surface area (Å²) in [6, 6.07) is 10.1. The van der Waals surface area contributed by atoms with Crippen LogP contribution in [0.4, 0.5) is 5.69 Å². The molecule has 0 amide bonds. The maximum absolute atomic E-state index is 10.5. The molecule has 0 unspecified atom stereocenters. The van der Waals surface area contributed by atoms with Gasteiger partial charge in [0.25, 0.3) is 0 Å². The summed E-state index contributed by atoms with van der Waals surface area (Å²) in [6.45, 7) is 1.84. The van der Waals surface area contributed by atoms with Gasteiger partial charge in [-0.05, 0) is 50.8 Å². The van der Waals surface area contributed by atoms with Gasteiger partial charge in [-0.3, -0.25) is 0 Å². The fourth-order valence-electron chi connectivity index (χ4n) is 4.28. The molecule has 2 aliphatic heterocycles. The summed E-state index contributed by atoms with van der Waals surface area (Å²) in [7, 11) is 0. The largest absolute Gasteiger partial charge is 0.507 e. The van der Waals surface area contributed by atoms with Crippen LogP contribution in [0.2, 0.25) is 0 Å². The van der Waals surface area contributed by atoms with Crippen molar-refractivity contribution in [1.82, 2.24) is 25.3 Å². The van der Waals surface area contributed by atoms with Crippen LogP contribution in [-0.2, 0) is 0 Å². The van der Waals surface area contributed by atoms with Crippen LogP contribution in [0.25, 0.3) is 16.9 Å². The molecule has 2 bridgehead atoms. The number of piperidine rings is 1. The standard InChI is InChI=1S/C21H24N6O2/c1-12-18(22)11-27(26-12)15-4-5-17(20(28)10-15)19-6-7-21(25-24-19)29-16-8-13-2-3-14(9-16)23-13/h4-7,10-11,13-14,16,23,28H,2-3,8-9,22H2,1H3/t13-,14+,16+. The van der Waals surface area contributed by atoms with Gasteiger partial charge in [-0.2, -0.15) is 5.10 Å². The van der Waals surface area contributed by atoms with Crippen molar-refractivity contribution in [2.75, 3.05) is 5.73 Å². The van der Waals surface area contributed by atoms with Crippen LogP contribution in [0.3, 0.4) is 0 Å². The lowest BCUT2D eigenvalue weighted by molar-refractivity contribution is 0.130. The molecule has 3 aromatic rings. The molecule has 2 saturated heterocycles. The van der Waals surface area contributed by atoms with E-state index < -0.39 is 0 Å². The summed E-state index contributed by atoms with van der Waals surface area (Å²) < 4.78 is 7.69. The van der Waals surface area contributed by atoms with Gasteiger partial charge in [0.1, 0.15) is 11.9 Å². The Morgan fingerprint density at radius 2 is 1.93 bits per heavy atom. The highest BCUT2D eigenvalue weighted by molar-refractivity contribution is 5.68. The Hall–Kier alpha value is -3.13. The fraction of sp³-hybridized carbons (Fsp3) is 0.381. The fourth-order valence-corrected chi connectivity index (χ4v) is 4.28. The number of nitrogens with zero attached hydrogens (tertiary/aromatic N) is 4. The molecule has 0 radical (unpaired) electrons. The molecule has 5 rings (SSSR count). The number of fused-ring (bicyclic) bond motifs is 2. The first-order valence-corrected chi connectivity index (χ1v) is 9.97. The van der Waals surface area contributed by atoms with Crippen molar-refractivity contribution in [2.24, 2.45) is 0 Å². The Bertz CT molecular complexity index is 1000. The van der Waals surface area contributed by atoms with E-state index in [9.17, 15) is 5.11 Å². The topological polar surface area (TPSA) is 111 Å². The van der Waals surface area contributed by atoms with Crippen LogP contribution < -0.4 is 15.8 Å². The molecule has 29 heavy (non-hydrogen) atoms. The minimum absolute atomic E-state index is 0.104. The van der Waals surface area contributed by atoms with E-state index in [0.717, 1.165) is 24.2 Å². The predicted octanol–water partition coefficient (Wildman–Crippen LogP) is 2.59. The molecule has 0 aliphatic carbocycles. The van der Waals surface area contributed by atoms with Crippen molar-refractivity contribution in [1.29, 1.82) is 0 Å². The molecular weight excluding hydrogens is 368 g/mol. The van der Waals surface area contributed by atoms with Crippen LogP contribution in [0.15, 0.2) is 36.5 Å². The van der Waals surface area contributed by atoms with Crippen LogP contribution in [-0.4, -0.2) is 43.3 Å². The molecule has 2 aliphatic rings. The lowest BCUT2D eigenvalue weighted by Gasteiger charge is -2.28. The lowest BCUT2D eigenvalue weighted by Crippen LogP contribution is -2.42. The minimum atomic E-state index is 0.104. The van der Waals surface area contributed by atoms with Crippen molar-refractivity contribution in [2.45, 2.75) is 50.8 Å². The van der Waals surface area contributed by atoms with Gasteiger partial charge >= 0.3 is 0 Å². The number of hydrogen-bond acceptors (Lipinski definition) is 7. The van der Waals surface area contributed by atoms with E-state index in [4.69, 9.17) is 10.5 Å². The third kappa shape index (κ3) is 3.51. The number of hydrogen-bond donors (Lipinski definition) is 3. The number of phenolic OH excluding ortho intramolecular Hbond substituents is 1. The van der Waals surface area contributed by atoms with Crippen molar-refractivity contribution in [3.63, 3.8) is 0 Å². The molecular formula is C21H24N6O2. The van der Waals surface area contributed by atoms with E-state index in [0.29, 0.717) is 34.9 Å². The number of nitrogens with two attached hydrogens (primary N) is 1. The third-order valence-electron chi connectivity index (χ3n) is 5.82. The summed E-state index contributed by atoms with van der Waals surface area (Å²) in [5.41, 5.74) is 9.12. The van der Waals surface area contributed by atoms with Gasteiger partial charge in [-0.1, -0.05) is 0 Å². The number of nitrogen functional groups attached to an aromatic ring is 1. The Balaban J connectivity index is 1.32. The Kier molecular flexibility index (Phi) is 4.35. The monoisotopic (exact) mass is 392 g/mol. The molecule has 1 aromatic carbocycles. The molecule has 0 saturated carbocycles. The van der Waals surface area contributed by atoms with Crippen LogP contribution in [0.5, 0.6) is 11.6 Å². The van der Waals surface area contributed by atoms with Crippen LogP contribution in [0, 0.1) is 6.92 Å². The number of phenols is 1. The first kappa shape index (κ1) is 17.9. The molecule has 2 fully saturated rings. The summed E-state index contributed by atoms with van der Waals surface area (Å²) in [5.74, 6) is 0.630. The Labute approximate surface area is 168 Å². The minimum Gasteiger partial charge on any atom is -0.507 e. The first-order valence-electron chi connectivity index (χ1n) is 9.97. The highest BCUT2D eigenvalue weighted by Gasteiger charge is 2.34. The number of nitrogens with one attached hydrogen (secondary N) is 1. The second kappa shape index (κ2) is 7.04. The smallest absolute Gasteiger partial charge is 0.233 e. The second-order valence-corrected chi connectivity index (χ2v) is 7.92. The zero-order valence-electron chi connectivity index (χ0n) is 16.2. The number of aromatic hydroxyl groups is 1. The molecule has 8 nitrogen and oxygen atoms in total. The van der Waals surface area contributed by atoms with E-state index in [1.807, 2.05) is 25.1 Å². The van der Waals surface area contributed by atoms with Crippen LogP contribution in [0.1, 0.15) is 31.4 Å². The molecule has 4 N–H and O–H groups in total. The van der Waals surface area contributed by atoms with Crippen molar-refractivity contribution in [3.8, 4) is 28.6 Å². The van der Waals surface area contributed by atoms with Crippen molar-refractivity contribution < 1.29 is 9.84 Å². The van der Waals surface area contributed by atoms with E-state index in [-0.39, 0.29) is 11.9 Å². The highest BCUT2D eigenvalue weighted by Crippen LogP contribution is 2.32. The number of benzene rings is 1. The predicted molar refractivity (Wildman–Crippen MR) is 109 cm³/mol. The highest BCUT2D eigenvalue weighted by atomic mass is 16.5. The summed E-state index contributed by atoms with van der Waals surface area (Å²) in [4.78, 5) is 0. The van der Waals surface area contributed by atoms with Gasteiger partial charge in [0.2, 0.25) is 5.88 Å². The number of ether oxygens (including phenoxy) is 1.